The molecule has 2 aromatic rings. The average molecular weight is 707 g/mol. The average Bonchev–Trinajstić information content (AvgIpc) is 3.89. The fourth-order valence-electron chi connectivity index (χ4n) is 5.87. The molecule has 2 aliphatic heterocycles. The Labute approximate surface area is 300 Å². The fourth-order valence-corrected chi connectivity index (χ4v) is 5.87. The number of ether oxygens (including phenoxy) is 2. The van der Waals surface area contributed by atoms with E-state index in [9.17, 15) is 24.0 Å². The van der Waals surface area contributed by atoms with E-state index in [0.29, 0.717) is 30.4 Å². The maximum absolute atomic E-state index is 14.0. The zero-order valence-electron chi connectivity index (χ0n) is 30.6. The van der Waals surface area contributed by atoms with Gasteiger partial charge in [-0.2, -0.15) is 0 Å². The molecule has 2 aromatic carbocycles. The molecule has 0 spiro atoms. The zero-order valence-corrected chi connectivity index (χ0v) is 30.6. The van der Waals surface area contributed by atoms with E-state index in [2.05, 4.69) is 35.1 Å². The van der Waals surface area contributed by atoms with E-state index >= 15 is 0 Å². The largest absolute Gasteiger partial charge is 0.497 e. The summed E-state index contributed by atoms with van der Waals surface area (Å²) in [6.07, 6.45) is 2.77. The summed E-state index contributed by atoms with van der Waals surface area (Å²) < 4.78 is 11.4. The lowest BCUT2D eigenvalue weighted by molar-refractivity contribution is -0.140. The molecule has 5 amide bonds. The Balaban J connectivity index is 1.69. The van der Waals surface area contributed by atoms with Gasteiger partial charge in [-0.15, -0.1) is 0 Å². The zero-order chi connectivity index (χ0) is 37.3. The first-order valence-corrected chi connectivity index (χ1v) is 17.7. The van der Waals surface area contributed by atoms with Gasteiger partial charge in [-0.3, -0.25) is 24.0 Å². The van der Waals surface area contributed by atoms with Crippen LogP contribution in [0.25, 0.3) is 0 Å². The summed E-state index contributed by atoms with van der Waals surface area (Å²) in [5.41, 5.74) is 6.26. The molecule has 51 heavy (non-hydrogen) atoms. The van der Waals surface area contributed by atoms with Crippen LogP contribution in [0.1, 0.15) is 65.0 Å². The van der Waals surface area contributed by atoms with E-state index in [-0.39, 0.29) is 43.9 Å². The van der Waals surface area contributed by atoms with Crippen LogP contribution in [-0.2, 0) is 36.8 Å². The molecule has 4 atom stereocenters. The summed E-state index contributed by atoms with van der Waals surface area (Å²) in [4.78, 5) is 69.6. The molecule has 2 heterocycles. The Kier molecular flexibility index (Phi) is 13.4. The van der Waals surface area contributed by atoms with Crippen molar-refractivity contribution < 1.29 is 33.4 Å². The number of hydrogen-bond acceptors (Lipinski definition) is 8. The topological polar surface area (TPSA) is 181 Å². The van der Waals surface area contributed by atoms with Gasteiger partial charge in [-0.1, -0.05) is 38.1 Å². The number of rotatable bonds is 9. The molecule has 13 nitrogen and oxygen atoms in total. The van der Waals surface area contributed by atoms with Crippen molar-refractivity contribution in [2.75, 3.05) is 26.8 Å². The highest BCUT2D eigenvalue weighted by atomic mass is 16.5. The molecule has 6 N–H and O–H groups in total. The van der Waals surface area contributed by atoms with Gasteiger partial charge in [-0.25, -0.2) is 0 Å². The smallest absolute Gasteiger partial charge is 0.245 e. The highest BCUT2D eigenvalue weighted by Gasteiger charge is 2.34. The van der Waals surface area contributed by atoms with Crippen molar-refractivity contribution in [3.63, 3.8) is 0 Å². The number of nitrogens with zero attached hydrogens (tertiary/aromatic N) is 1. The van der Waals surface area contributed by atoms with Crippen molar-refractivity contribution in [2.24, 2.45) is 17.6 Å². The van der Waals surface area contributed by atoms with E-state index in [4.69, 9.17) is 15.2 Å². The quantitative estimate of drug-likeness (QED) is 0.245. The molecule has 5 rings (SSSR count). The van der Waals surface area contributed by atoms with Crippen molar-refractivity contribution in [1.29, 1.82) is 0 Å². The first-order chi connectivity index (χ1) is 24.1. The number of fused-ring (bicyclic) bond motifs is 17. The molecule has 13 heteroatoms. The van der Waals surface area contributed by atoms with Crippen molar-refractivity contribution in [1.82, 2.24) is 26.2 Å². The number of nitrogens with two attached hydrogens (primary N) is 1. The molecule has 1 saturated carbocycles. The number of carbonyl (C=O) groups is 5. The molecule has 1 aliphatic carbocycles. The van der Waals surface area contributed by atoms with E-state index in [0.717, 1.165) is 24.0 Å². The van der Waals surface area contributed by atoms with E-state index in [1.807, 2.05) is 0 Å². The van der Waals surface area contributed by atoms with Gasteiger partial charge in [0.15, 0.2) is 0 Å². The van der Waals surface area contributed by atoms with Crippen LogP contribution in [0.3, 0.4) is 0 Å². The van der Waals surface area contributed by atoms with E-state index in [1.165, 1.54) is 18.7 Å². The number of methoxy groups -OCH3 is 1. The molecular formula is C38H54N6O7. The normalized spacial score (nSPS) is 22.8. The number of carbonyl (C=O) groups excluding carboxylic acids is 5. The van der Waals surface area contributed by atoms with Gasteiger partial charge < -0.3 is 41.4 Å². The fraction of sp³-hybridized carbons (Fsp3) is 0.553. The minimum absolute atomic E-state index is 0.0863. The second-order valence-corrected chi connectivity index (χ2v) is 14.8. The Bertz CT molecular complexity index is 1520. The van der Waals surface area contributed by atoms with Gasteiger partial charge in [0.25, 0.3) is 0 Å². The van der Waals surface area contributed by atoms with E-state index in [1.54, 1.807) is 62.6 Å². The van der Waals surface area contributed by atoms with Crippen LogP contribution >= 0.6 is 0 Å². The predicted octanol–water partition coefficient (Wildman–Crippen LogP) is 1.85. The van der Waals surface area contributed by atoms with Crippen molar-refractivity contribution in [3.05, 3.63) is 59.7 Å². The van der Waals surface area contributed by atoms with Crippen molar-refractivity contribution in [3.8, 4) is 11.5 Å². The molecule has 2 bridgehead atoms. The molecule has 0 saturated heterocycles. The minimum Gasteiger partial charge on any atom is -0.497 e. The Morgan fingerprint density at radius 3 is 2.25 bits per heavy atom. The first kappa shape index (κ1) is 39.1. The maximum atomic E-state index is 14.0. The SMILES string of the molecule is COc1ccc(C[C@@H]2NC(=O)[C@@H](NC(=O)C(C)(C)N)Cc3ccc(cc3)OC[C@H](CC(C)C)NC(=O)CN(CC3CC3)C(=O)[C@@H](C)NC2=O)cc1. The highest BCUT2D eigenvalue weighted by Crippen LogP contribution is 2.30. The lowest BCUT2D eigenvalue weighted by atomic mass is 10.00. The summed E-state index contributed by atoms with van der Waals surface area (Å²) in [6.45, 7) is 9.22. The van der Waals surface area contributed by atoms with Crippen LogP contribution in [0.15, 0.2) is 48.5 Å². The number of hydrogen-bond donors (Lipinski definition) is 5. The molecule has 0 unspecified atom stereocenters. The molecule has 0 aromatic heterocycles. The van der Waals surface area contributed by atoms with Gasteiger partial charge in [-0.05, 0) is 87.3 Å². The van der Waals surface area contributed by atoms with Crippen LogP contribution in [0.4, 0.5) is 0 Å². The monoisotopic (exact) mass is 706 g/mol. The third-order valence-electron chi connectivity index (χ3n) is 8.93. The van der Waals surface area contributed by atoms with Crippen LogP contribution in [0.2, 0.25) is 0 Å². The lowest BCUT2D eigenvalue weighted by Crippen LogP contribution is -2.60. The number of benzene rings is 2. The molecule has 3 aliphatic rings. The summed E-state index contributed by atoms with van der Waals surface area (Å²) in [5.74, 6) is -0.676. The summed E-state index contributed by atoms with van der Waals surface area (Å²) >= 11 is 0. The van der Waals surface area contributed by atoms with Crippen molar-refractivity contribution >= 4 is 29.5 Å². The Morgan fingerprint density at radius 2 is 1.67 bits per heavy atom. The van der Waals surface area contributed by atoms with Crippen LogP contribution < -0.4 is 36.5 Å². The molecular weight excluding hydrogens is 652 g/mol. The van der Waals surface area contributed by atoms with Crippen LogP contribution in [0, 0.1) is 11.8 Å². The molecule has 278 valence electrons. The Hall–Kier alpha value is -4.65. The molecule has 1 fully saturated rings. The predicted molar refractivity (Wildman–Crippen MR) is 193 cm³/mol. The third kappa shape index (κ3) is 12.3. The van der Waals surface area contributed by atoms with E-state index < -0.39 is 47.3 Å². The third-order valence-corrected chi connectivity index (χ3v) is 8.93. The standard InChI is InChI=1S/C38H54N6O7/c1-23(2)17-28-22-51-30-15-11-26(12-16-30)19-32(43-37(49)38(4,5)39)35(47)42-31(18-25-9-13-29(50-6)14-10-25)34(46)40-24(3)36(48)44(20-27-7-8-27)21-33(45)41-28/h9-16,23-24,27-28,31-32H,7-8,17-22,39H2,1-6H3,(H,40,46)(H,41,45)(H,42,47)(H,43,49)/t24-,28+,31+,32+/m1/s1. The lowest BCUT2D eigenvalue weighted by Gasteiger charge is -2.29. The summed E-state index contributed by atoms with van der Waals surface area (Å²) in [5, 5.41) is 11.4. The van der Waals surface area contributed by atoms with Crippen LogP contribution in [0.5, 0.6) is 11.5 Å². The van der Waals surface area contributed by atoms with Crippen LogP contribution in [-0.4, -0.2) is 90.9 Å². The first-order valence-electron chi connectivity index (χ1n) is 17.7. The Morgan fingerprint density at radius 1 is 1.00 bits per heavy atom. The number of nitrogens with one attached hydrogen (secondary N) is 4. The van der Waals surface area contributed by atoms with Gasteiger partial charge in [0.05, 0.1) is 25.2 Å². The van der Waals surface area contributed by atoms with Gasteiger partial charge >= 0.3 is 0 Å². The van der Waals surface area contributed by atoms with Gasteiger partial charge in [0, 0.05) is 19.4 Å². The second-order valence-electron chi connectivity index (χ2n) is 14.8. The minimum atomic E-state index is -1.27. The second kappa shape index (κ2) is 17.5. The maximum Gasteiger partial charge on any atom is 0.245 e. The molecule has 0 radical (unpaired) electrons. The van der Waals surface area contributed by atoms with Crippen molar-refractivity contribution in [2.45, 2.75) is 96.4 Å². The summed E-state index contributed by atoms with van der Waals surface area (Å²) in [6, 6.07) is 10.7. The van der Waals surface area contributed by atoms with Gasteiger partial charge in [0.1, 0.15) is 36.2 Å². The summed E-state index contributed by atoms with van der Waals surface area (Å²) in [7, 11) is 1.55. The van der Waals surface area contributed by atoms with Gasteiger partial charge in [0.2, 0.25) is 29.5 Å². The number of amides is 5. The highest BCUT2D eigenvalue weighted by molar-refractivity contribution is 5.96.